The van der Waals surface area contributed by atoms with Crippen LogP contribution in [0.4, 0.5) is 0 Å². The average molecular weight is 356 g/mol. The van der Waals surface area contributed by atoms with Crippen molar-refractivity contribution in [2.45, 2.75) is 6.42 Å². The Balaban J connectivity index is 1.47. The number of nitrogens with zero attached hydrogens (tertiary/aromatic N) is 2. The molecule has 0 saturated heterocycles. The maximum atomic E-state index is 12.5. The fraction of sp³-hybridized carbons (Fsp3) is 0.0455. The van der Waals surface area contributed by atoms with E-state index in [9.17, 15) is 4.79 Å². The molecule has 0 bridgehead atoms. The van der Waals surface area contributed by atoms with Gasteiger partial charge < -0.3 is 9.26 Å². The fourth-order valence-electron chi connectivity index (χ4n) is 2.65. The van der Waals surface area contributed by atoms with Crippen LogP contribution in [0.15, 0.2) is 89.6 Å². The molecule has 4 aromatic rings. The van der Waals surface area contributed by atoms with Crippen LogP contribution in [0.1, 0.15) is 16.1 Å². The minimum absolute atomic E-state index is 0.127. The van der Waals surface area contributed by atoms with Gasteiger partial charge in [-0.2, -0.15) is 0 Å². The number of pyridine rings is 1. The van der Waals surface area contributed by atoms with E-state index in [-0.39, 0.29) is 12.2 Å². The van der Waals surface area contributed by atoms with Crippen LogP contribution in [0, 0.1) is 0 Å². The van der Waals surface area contributed by atoms with Crippen LogP contribution in [0.3, 0.4) is 0 Å². The summed E-state index contributed by atoms with van der Waals surface area (Å²) in [4.78, 5) is 16.7. The molecule has 0 atom stereocenters. The van der Waals surface area contributed by atoms with E-state index in [2.05, 4.69) is 10.1 Å². The molecule has 0 N–H and O–H groups in total. The van der Waals surface area contributed by atoms with Crippen LogP contribution < -0.4 is 4.74 Å². The molecule has 2 heterocycles. The minimum Gasteiger partial charge on any atom is -0.439 e. The highest BCUT2D eigenvalue weighted by Crippen LogP contribution is 2.22. The van der Waals surface area contributed by atoms with Gasteiger partial charge in [0.15, 0.2) is 17.2 Å². The number of rotatable bonds is 6. The van der Waals surface area contributed by atoms with Crippen molar-refractivity contribution >= 4 is 5.78 Å². The lowest BCUT2D eigenvalue weighted by Crippen LogP contribution is -2.04. The Bertz CT molecular complexity index is 1040. The Hall–Kier alpha value is -3.73. The van der Waals surface area contributed by atoms with Crippen molar-refractivity contribution in [2.24, 2.45) is 0 Å². The van der Waals surface area contributed by atoms with Crippen LogP contribution in [-0.4, -0.2) is 15.9 Å². The first-order chi connectivity index (χ1) is 13.3. The zero-order valence-electron chi connectivity index (χ0n) is 14.4. The predicted molar refractivity (Wildman–Crippen MR) is 101 cm³/mol. The smallest absolute Gasteiger partial charge is 0.219 e. The third-order valence-electron chi connectivity index (χ3n) is 3.98. The number of benzene rings is 2. The van der Waals surface area contributed by atoms with E-state index in [1.807, 2.05) is 60.7 Å². The number of para-hydroxylation sites is 1. The van der Waals surface area contributed by atoms with Gasteiger partial charge in [0.1, 0.15) is 5.75 Å². The number of Topliss-reactive ketones (excluding diaryl/α,β-unsaturated/α-hetero) is 1. The third-order valence-corrected chi connectivity index (χ3v) is 3.98. The second-order valence-electron chi connectivity index (χ2n) is 5.96. The Morgan fingerprint density at radius 1 is 0.926 bits per heavy atom. The number of carbonyl (C=O) groups is 1. The molecule has 132 valence electrons. The summed E-state index contributed by atoms with van der Waals surface area (Å²) < 4.78 is 11.0. The molecule has 0 aliphatic rings. The molecule has 0 fully saturated rings. The summed E-state index contributed by atoms with van der Waals surface area (Å²) >= 11 is 0. The normalized spacial score (nSPS) is 10.5. The van der Waals surface area contributed by atoms with Gasteiger partial charge in [-0.05, 0) is 23.8 Å². The Morgan fingerprint density at radius 2 is 1.67 bits per heavy atom. The van der Waals surface area contributed by atoms with Gasteiger partial charge in [0, 0.05) is 30.3 Å². The number of carbonyl (C=O) groups excluding carboxylic acids is 1. The quantitative estimate of drug-likeness (QED) is 0.457. The second kappa shape index (κ2) is 7.66. The van der Waals surface area contributed by atoms with E-state index in [4.69, 9.17) is 9.26 Å². The van der Waals surface area contributed by atoms with Crippen LogP contribution in [0.25, 0.3) is 11.3 Å². The van der Waals surface area contributed by atoms with E-state index in [1.54, 1.807) is 24.4 Å². The molecular formula is C22H16N2O3. The van der Waals surface area contributed by atoms with Crippen molar-refractivity contribution in [3.05, 3.63) is 96.3 Å². The van der Waals surface area contributed by atoms with Crippen LogP contribution >= 0.6 is 0 Å². The van der Waals surface area contributed by atoms with Gasteiger partial charge in [-0.1, -0.05) is 53.7 Å². The highest BCUT2D eigenvalue weighted by molar-refractivity contribution is 5.96. The minimum atomic E-state index is -0.127. The summed E-state index contributed by atoms with van der Waals surface area (Å²) in [5.74, 6) is 1.58. The van der Waals surface area contributed by atoms with E-state index in [0.29, 0.717) is 23.1 Å². The summed E-state index contributed by atoms with van der Waals surface area (Å²) in [6, 6.07) is 24.1. The molecule has 0 spiro atoms. The topological polar surface area (TPSA) is 65.2 Å². The standard InChI is InChI=1S/C22H16N2O3/c25-20(19-15-21(27-24-19)17-7-3-1-4-8-17)13-16-11-12-23-22(14-16)26-18-9-5-2-6-10-18/h1-12,14-15H,13H2. The lowest BCUT2D eigenvalue weighted by Gasteiger charge is -2.05. The van der Waals surface area contributed by atoms with Crippen molar-refractivity contribution in [3.8, 4) is 23.0 Å². The van der Waals surface area contributed by atoms with Gasteiger partial charge in [-0.25, -0.2) is 4.98 Å². The first kappa shape index (κ1) is 16.7. The van der Waals surface area contributed by atoms with E-state index in [1.165, 1.54) is 0 Å². The Morgan fingerprint density at radius 3 is 2.44 bits per heavy atom. The average Bonchev–Trinajstić information content (AvgIpc) is 3.20. The monoisotopic (exact) mass is 356 g/mol. The number of ether oxygens (including phenoxy) is 1. The lowest BCUT2D eigenvalue weighted by atomic mass is 10.1. The number of hydrogen-bond donors (Lipinski definition) is 0. The van der Waals surface area contributed by atoms with Gasteiger partial charge in [-0.15, -0.1) is 0 Å². The fourth-order valence-corrected chi connectivity index (χ4v) is 2.65. The maximum absolute atomic E-state index is 12.5. The molecule has 5 nitrogen and oxygen atoms in total. The highest BCUT2D eigenvalue weighted by atomic mass is 16.5. The zero-order valence-corrected chi connectivity index (χ0v) is 14.4. The van der Waals surface area contributed by atoms with Crippen LogP contribution in [0.2, 0.25) is 0 Å². The Kier molecular flexibility index (Phi) is 4.74. The van der Waals surface area contributed by atoms with Crippen molar-refractivity contribution in [2.75, 3.05) is 0 Å². The van der Waals surface area contributed by atoms with Crippen molar-refractivity contribution in [1.29, 1.82) is 0 Å². The molecule has 0 aliphatic carbocycles. The zero-order chi connectivity index (χ0) is 18.5. The SMILES string of the molecule is O=C(Cc1ccnc(Oc2ccccc2)c1)c1cc(-c2ccccc2)on1. The van der Waals surface area contributed by atoms with Crippen LogP contribution in [-0.2, 0) is 6.42 Å². The molecular weight excluding hydrogens is 340 g/mol. The molecule has 0 unspecified atom stereocenters. The van der Waals surface area contributed by atoms with E-state index in [0.717, 1.165) is 11.1 Å². The summed E-state index contributed by atoms with van der Waals surface area (Å²) in [6.45, 7) is 0. The second-order valence-corrected chi connectivity index (χ2v) is 5.96. The number of hydrogen-bond acceptors (Lipinski definition) is 5. The predicted octanol–water partition coefficient (Wildman–Crippen LogP) is 4.95. The summed E-state index contributed by atoms with van der Waals surface area (Å²) in [5.41, 5.74) is 1.98. The highest BCUT2D eigenvalue weighted by Gasteiger charge is 2.15. The maximum Gasteiger partial charge on any atom is 0.219 e. The van der Waals surface area contributed by atoms with Crippen molar-refractivity contribution in [3.63, 3.8) is 0 Å². The Labute approximate surface area is 156 Å². The van der Waals surface area contributed by atoms with Crippen molar-refractivity contribution < 1.29 is 14.1 Å². The van der Waals surface area contributed by atoms with Crippen molar-refractivity contribution in [1.82, 2.24) is 10.1 Å². The summed E-state index contributed by atoms with van der Waals surface area (Å²) in [6.07, 6.45) is 1.81. The summed E-state index contributed by atoms with van der Waals surface area (Å²) in [5, 5.41) is 3.91. The summed E-state index contributed by atoms with van der Waals surface area (Å²) in [7, 11) is 0. The van der Waals surface area contributed by atoms with Gasteiger partial charge in [0.25, 0.3) is 0 Å². The molecule has 2 aromatic heterocycles. The number of aromatic nitrogens is 2. The largest absolute Gasteiger partial charge is 0.439 e. The molecule has 0 amide bonds. The third kappa shape index (κ3) is 4.10. The molecule has 0 radical (unpaired) electrons. The molecule has 27 heavy (non-hydrogen) atoms. The van der Waals surface area contributed by atoms with Gasteiger partial charge >= 0.3 is 0 Å². The van der Waals surface area contributed by atoms with E-state index < -0.39 is 0 Å². The van der Waals surface area contributed by atoms with Gasteiger partial charge in [0.05, 0.1) is 0 Å². The molecule has 0 saturated carbocycles. The lowest BCUT2D eigenvalue weighted by molar-refractivity contribution is 0.0984. The molecule has 5 heteroatoms. The number of ketones is 1. The molecule has 2 aromatic carbocycles. The first-order valence-corrected chi connectivity index (χ1v) is 8.51. The first-order valence-electron chi connectivity index (χ1n) is 8.51. The van der Waals surface area contributed by atoms with Gasteiger partial charge in [0.2, 0.25) is 5.88 Å². The van der Waals surface area contributed by atoms with Gasteiger partial charge in [-0.3, -0.25) is 4.79 Å². The molecule has 0 aliphatic heterocycles. The van der Waals surface area contributed by atoms with E-state index >= 15 is 0 Å². The molecule has 4 rings (SSSR count). The van der Waals surface area contributed by atoms with Crippen LogP contribution in [0.5, 0.6) is 11.6 Å².